The maximum atomic E-state index is 5.24. The van der Waals surface area contributed by atoms with Crippen molar-refractivity contribution in [3.63, 3.8) is 0 Å². The molecule has 0 heterocycles. The van der Waals surface area contributed by atoms with E-state index in [4.69, 9.17) is 4.74 Å². The first-order valence-electron chi connectivity index (χ1n) is 7.08. The van der Waals surface area contributed by atoms with Crippen molar-refractivity contribution in [1.82, 2.24) is 0 Å². The Morgan fingerprint density at radius 2 is 1.70 bits per heavy atom. The zero-order valence-corrected chi connectivity index (χ0v) is 12.8. The van der Waals surface area contributed by atoms with Gasteiger partial charge in [0.25, 0.3) is 0 Å². The van der Waals surface area contributed by atoms with Gasteiger partial charge in [0.05, 0.1) is 7.11 Å². The van der Waals surface area contributed by atoms with Crippen LogP contribution in [-0.4, -0.2) is 13.7 Å². The first-order valence-corrected chi connectivity index (χ1v) is 7.08. The van der Waals surface area contributed by atoms with E-state index in [1.54, 1.807) is 7.11 Å². The number of methoxy groups -OCH3 is 1. The smallest absolute Gasteiger partial charge is 0.119 e. The summed E-state index contributed by atoms with van der Waals surface area (Å²) < 4.78 is 5.24. The minimum absolute atomic E-state index is 0.595. The Morgan fingerprint density at radius 3 is 2.25 bits per heavy atom. The summed E-state index contributed by atoms with van der Waals surface area (Å²) in [4.78, 5) is 2.36. The molecule has 0 aliphatic heterocycles. The second-order valence-electron chi connectivity index (χ2n) is 5.54. The van der Waals surface area contributed by atoms with E-state index in [1.165, 1.54) is 16.9 Å². The fourth-order valence-electron chi connectivity index (χ4n) is 2.28. The molecule has 0 spiro atoms. The Bertz CT molecular complexity index is 546. The summed E-state index contributed by atoms with van der Waals surface area (Å²) in [7, 11) is 1.70. The summed E-state index contributed by atoms with van der Waals surface area (Å²) >= 11 is 0. The molecule has 0 aliphatic carbocycles. The van der Waals surface area contributed by atoms with E-state index in [0.29, 0.717) is 5.92 Å². The predicted molar refractivity (Wildman–Crippen MR) is 86.0 cm³/mol. The average molecular weight is 269 g/mol. The van der Waals surface area contributed by atoms with Gasteiger partial charge in [0.1, 0.15) is 5.75 Å². The van der Waals surface area contributed by atoms with Crippen molar-refractivity contribution >= 4 is 11.4 Å². The third-order valence-electron chi connectivity index (χ3n) is 3.25. The first kappa shape index (κ1) is 14.4. The first-order chi connectivity index (χ1) is 9.60. The summed E-state index contributed by atoms with van der Waals surface area (Å²) in [6.07, 6.45) is 0. The Labute approximate surface area is 122 Å². The highest BCUT2D eigenvalue weighted by atomic mass is 16.5. The van der Waals surface area contributed by atoms with Gasteiger partial charge in [0.2, 0.25) is 0 Å². The van der Waals surface area contributed by atoms with E-state index in [2.05, 4.69) is 62.1 Å². The molecule has 0 saturated heterocycles. The van der Waals surface area contributed by atoms with Crippen LogP contribution in [0.3, 0.4) is 0 Å². The number of ether oxygens (including phenoxy) is 1. The van der Waals surface area contributed by atoms with Crippen LogP contribution < -0.4 is 9.64 Å². The molecular formula is C18H23NO. The maximum absolute atomic E-state index is 5.24. The second kappa shape index (κ2) is 6.47. The zero-order valence-electron chi connectivity index (χ0n) is 12.8. The molecule has 2 heteroatoms. The van der Waals surface area contributed by atoms with Gasteiger partial charge >= 0.3 is 0 Å². The quantitative estimate of drug-likeness (QED) is 0.773. The Hall–Kier alpha value is -1.96. The van der Waals surface area contributed by atoms with Crippen molar-refractivity contribution in [2.75, 3.05) is 18.6 Å². The molecular weight excluding hydrogens is 246 g/mol. The molecule has 0 radical (unpaired) electrons. The molecule has 2 aromatic carbocycles. The standard InChI is InChI=1S/C18H23NO/c1-14(2)13-19(17-7-5-6-15(3)12-17)16-8-10-18(20-4)11-9-16/h5-12,14H,13H2,1-4H3. The van der Waals surface area contributed by atoms with Crippen molar-refractivity contribution < 1.29 is 4.74 Å². The van der Waals surface area contributed by atoms with Gasteiger partial charge in [-0.15, -0.1) is 0 Å². The van der Waals surface area contributed by atoms with Gasteiger partial charge in [-0.05, 0) is 54.8 Å². The number of aryl methyl sites for hydroxylation is 1. The van der Waals surface area contributed by atoms with E-state index < -0.39 is 0 Å². The van der Waals surface area contributed by atoms with Crippen LogP contribution in [0.4, 0.5) is 11.4 Å². The summed E-state index contributed by atoms with van der Waals surface area (Å²) in [6, 6.07) is 16.9. The largest absolute Gasteiger partial charge is 0.497 e. The fraction of sp³-hybridized carbons (Fsp3) is 0.333. The van der Waals surface area contributed by atoms with E-state index in [0.717, 1.165) is 12.3 Å². The molecule has 0 fully saturated rings. The number of hydrogen-bond acceptors (Lipinski definition) is 2. The van der Waals surface area contributed by atoms with Crippen LogP contribution >= 0.6 is 0 Å². The normalized spacial score (nSPS) is 10.7. The molecule has 0 N–H and O–H groups in total. The van der Waals surface area contributed by atoms with Crippen molar-refractivity contribution in [3.8, 4) is 5.75 Å². The number of benzene rings is 2. The van der Waals surface area contributed by atoms with Crippen LogP contribution in [0.25, 0.3) is 0 Å². The van der Waals surface area contributed by atoms with Gasteiger partial charge in [-0.25, -0.2) is 0 Å². The molecule has 0 unspecified atom stereocenters. The minimum atomic E-state index is 0.595. The van der Waals surface area contributed by atoms with Crippen molar-refractivity contribution in [2.45, 2.75) is 20.8 Å². The second-order valence-corrected chi connectivity index (χ2v) is 5.54. The highest BCUT2D eigenvalue weighted by Crippen LogP contribution is 2.28. The van der Waals surface area contributed by atoms with Crippen LogP contribution in [0.1, 0.15) is 19.4 Å². The third-order valence-corrected chi connectivity index (χ3v) is 3.25. The summed E-state index contributed by atoms with van der Waals surface area (Å²) in [6.45, 7) is 7.61. The van der Waals surface area contributed by atoms with Crippen LogP contribution in [0.2, 0.25) is 0 Å². The van der Waals surface area contributed by atoms with E-state index in [9.17, 15) is 0 Å². The maximum Gasteiger partial charge on any atom is 0.119 e. The van der Waals surface area contributed by atoms with Gasteiger partial charge < -0.3 is 9.64 Å². The highest BCUT2D eigenvalue weighted by Gasteiger charge is 2.11. The molecule has 0 aliphatic rings. The highest BCUT2D eigenvalue weighted by molar-refractivity contribution is 5.64. The van der Waals surface area contributed by atoms with Crippen LogP contribution in [0, 0.1) is 12.8 Å². The zero-order chi connectivity index (χ0) is 14.5. The van der Waals surface area contributed by atoms with Gasteiger partial charge in [0.15, 0.2) is 0 Å². The topological polar surface area (TPSA) is 12.5 Å². The van der Waals surface area contributed by atoms with Gasteiger partial charge in [0, 0.05) is 17.9 Å². The van der Waals surface area contributed by atoms with Crippen molar-refractivity contribution in [3.05, 3.63) is 54.1 Å². The van der Waals surface area contributed by atoms with Gasteiger partial charge in [-0.2, -0.15) is 0 Å². The lowest BCUT2D eigenvalue weighted by Gasteiger charge is -2.27. The SMILES string of the molecule is COc1ccc(N(CC(C)C)c2cccc(C)c2)cc1. The molecule has 20 heavy (non-hydrogen) atoms. The number of hydrogen-bond donors (Lipinski definition) is 0. The minimum Gasteiger partial charge on any atom is -0.497 e. The van der Waals surface area contributed by atoms with Gasteiger partial charge in [-0.1, -0.05) is 26.0 Å². The number of anilines is 2. The lowest BCUT2D eigenvalue weighted by Crippen LogP contribution is -2.22. The Morgan fingerprint density at radius 1 is 1.00 bits per heavy atom. The average Bonchev–Trinajstić information content (AvgIpc) is 2.45. The molecule has 2 nitrogen and oxygen atoms in total. The molecule has 106 valence electrons. The monoisotopic (exact) mass is 269 g/mol. The Kier molecular flexibility index (Phi) is 4.67. The molecule has 0 aromatic heterocycles. The van der Waals surface area contributed by atoms with Crippen molar-refractivity contribution in [2.24, 2.45) is 5.92 Å². The lowest BCUT2D eigenvalue weighted by molar-refractivity contribution is 0.415. The molecule has 2 aromatic rings. The van der Waals surface area contributed by atoms with Crippen LogP contribution in [-0.2, 0) is 0 Å². The lowest BCUT2D eigenvalue weighted by atomic mass is 10.1. The van der Waals surface area contributed by atoms with E-state index in [1.807, 2.05) is 12.1 Å². The molecule has 0 saturated carbocycles. The van der Waals surface area contributed by atoms with Gasteiger partial charge in [-0.3, -0.25) is 0 Å². The third kappa shape index (κ3) is 3.53. The molecule has 0 amide bonds. The summed E-state index contributed by atoms with van der Waals surface area (Å²) in [5, 5.41) is 0. The summed E-state index contributed by atoms with van der Waals surface area (Å²) in [5.41, 5.74) is 3.72. The van der Waals surface area contributed by atoms with Crippen LogP contribution in [0.5, 0.6) is 5.75 Å². The van der Waals surface area contributed by atoms with Crippen LogP contribution in [0.15, 0.2) is 48.5 Å². The van der Waals surface area contributed by atoms with E-state index >= 15 is 0 Å². The fourth-order valence-corrected chi connectivity index (χ4v) is 2.28. The van der Waals surface area contributed by atoms with E-state index in [-0.39, 0.29) is 0 Å². The Balaban J connectivity index is 2.35. The summed E-state index contributed by atoms with van der Waals surface area (Å²) in [5.74, 6) is 1.49. The molecule has 2 rings (SSSR count). The number of rotatable bonds is 5. The van der Waals surface area contributed by atoms with Crippen molar-refractivity contribution in [1.29, 1.82) is 0 Å². The number of nitrogens with zero attached hydrogens (tertiary/aromatic N) is 1. The molecule has 0 bridgehead atoms. The predicted octanol–water partition coefficient (Wildman–Crippen LogP) is 4.80. The molecule has 0 atom stereocenters.